The third-order valence-electron chi connectivity index (χ3n) is 4.06. The molecule has 0 radical (unpaired) electrons. The van der Waals surface area contributed by atoms with E-state index in [0.717, 1.165) is 13.1 Å². The van der Waals surface area contributed by atoms with Crippen molar-refractivity contribution in [2.75, 3.05) is 33.4 Å². The summed E-state index contributed by atoms with van der Waals surface area (Å²) in [6, 6.07) is 0.0963. The van der Waals surface area contributed by atoms with Gasteiger partial charge in [-0.25, -0.2) is 4.79 Å². The van der Waals surface area contributed by atoms with Crippen molar-refractivity contribution in [1.29, 1.82) is 0 Å². The zero-order valence-corrected chi connectivity index (χ0v) is 14.0. The van der Waals surface area contributed by atoms with Crippen LogP contribution < -0.4 is 10.6 Å². The van der Waals surface area contributed by atoms with Gasteiger partial charge in [0.2, 0.25) is 0 Å². The minimum atomic E-state index is -0.0420. The Balaban J connectivity index is 2.34. The van der Waals surface area contributed by atoms with Gasteiger partial charge >= 0.3 is 6.03 Å². The summed E-state index contributed by atoms with van der Waals surface area (Å²) >= 11 is 1.86. The molecule has 0 saturated heterocycles. The van der Waals surface area contributed by atoms with E-state index in [-0.39, 0.29) is 17.5 Å². The lowest BCUT2D eigenvalue weighted by Gasteiger charge is -2.35. The highest BCUT2D eigenvalue weighted by Gasteiger charge is 2.42. The summed E-state index contributed by atoms with van der Waals surface area (Å²) in [4.78, 5) is 14.1. The molecule has 0 heterocycles. The zero-order valence-electron chi connectivity index (χ0n) is 13.2. The third kappa shape index (κ3) is 5.22. The summed E-state index contributed by atoms with van der Waals surface area (Å²) in [5.41, 5.74) is 0.0532. The number of carbonyl (C=O) groups excluding carboxylic acids is 1. The first-order valence-electron chi connectivity index (χ1n) is 6.95. The normalized spacial score (nSPS) is 19.1. The minimum Gasteiger partial charge on any atom is -0.337 e. The molecule has 2 N–H and O–H groups in total. The van der Waals surface area contributed by atoms with Crippen LogP contribution >= 0.6 is 11.8 Å². The predicted molar refractivity (Wildman–Crippen MR) is 83.8 cm³/mol. The fourth-order valence-corrected chi connectivity index (χ4v) is 2.96. The smallest absolute Gasteiger partial charge is 0.315 e. The average molecular weight is 287 g/mol. The van der Waals surface area contributed by atoms with Gasteiger partial charge in [-0.15, -0.1) is 0 Å². The van der Waals surface area contributed by atoms with Crippen molar-refractivity contribution in [2.24, 2.45) is 5.41 Å². The standard InChI is InChI=1S/C14H29N3OS/c1-11(13(2,3)10-17(4)5)16-12(18)15-9-14(19-6)7-8-14/h11H,7-10H2,1-6H3,(H2,15,16,18). The molecule has 0 aromatic heterocycles. The van der Waals surface area contributed by atoms with E-state index in [1.54, 1.807) is 0 Å². The number of thioether (sulfide) groups is 1. The molecule has 0 aliphatic heterocycles. The van der Waals surface area contributed by atoms with Crippen molar-refractivity contribution in [3.05, 3.63) is 0 Å². The number of carbonyl (C=O) groups is 1. The van der Waals surface area contributed by atoms with Crippen LogP contribution in [0.2, 0.25) is 0 Å². The van der Waals surface area contributed by atoms with Gasteiger partial charge in [-0.2, -0.15) is 11.8 Å². The summed E-state index contributed by atoms with van der Waals surface area (Å²) in [6.45, 7) is 8.17. The van der Waals surface area contributed by atoms with Gasteiger partial charge in [0.05, 0.1) is 0 Å². The second-order valence-electron chi connectivity index (χ2n) is 6.66. The largest absolute Gasteiger partial charge is 0.337 e. The zero-order chi connectivity index (χ0) is 14.7. The van der Waals surface area contributed by atoms with E-state index in [9.17, 15) is 4.79 Å². The second kappa shape index (κ2) is 6.35. The summed E-state index contributed by atoms with van der Waals surface area (Å²) < 4.78 is 0.319. The Labute approximate surface area is 122 Å². The molecule has 1 saturated carbocycles. The molecule has 1 aliphatic carbocycles. The van der Waals surface area contributed by atoms with Crippen LogP contribution in [0, 0.1) is 5.41 Å². The van der Waals surface area contributed by atoms with Crippen molar-refractivity contribution >= 4 is 17.8 Å². The fraction of sp³-hybridized carbons (Fsp3) is 0.929. The molecular formula is C14H29N3OS. The molecule has 112 valence electrons. The van der Waals surface area contributed by atoms with Gasteiger partial charge in [0.1, 0.15) is 0 Å². The molecule has 19 heavy (non-hydrogen) atoms. The van der Waals surface area contributed by atoms with E-state index < -0.39 is 0 Å². The number of nitrogens with one attached hydrogen (secondary N) is 2. The lowest BCUT2D eigenvalue weighted by Crippen LogP contribution is -2.51. The highest BCUT2D eigenvalue weighted by atomic mass is 32.2. The highest BCUT2D eigenvalue weighted by Crippen LogP contribution is 2.46. The van der Waals surface area contributed by atoms with Gasteiger partial charge < -0.3 is 15.5 Å². The Morgan fingerprint density at radius 1 is 1.42 bits per heavy atom. The molecule has 4 nitrogen and oxygen atoms in total. The molecule has 1 rings (SSSR count). The summed E-state index contributed by atoms with van der Waals surface area (Å²) in [5, 5.41) is 6.07. The molecule has 1 aliphatic rings. The third-order valence-corrected chi connectivity index (χ3v) is 5.47. The van der Waals surface area contributed by atoms with E-state index in [1.165, 1.54) is 12.8 Å². The molecule has 1 fully saturated rings. The average Bonchev–Trinajstić information content (AvgIpc) is 3.05. The second-order valence-corrected chi connectivity index (χ2v) is 7.94. The quantitative estimate of drug-likeness (QED) is 0.754. The van der Waals surface area contributed by atoms with Gasteiger partial charge in [-0.3, -0.25) is 0 Å². The van der Waals surface area contributed by atoms with Crippen LogP contribution in [0.3, 0.4) is 0 Å². The lowest BCUT2D eigenvalue weighted by molar-refractivity contribution is 0.179. The number of rotatable bonds is 7. The van der Waals surface area contributed by atoms with Crippen LogP contribution in [-0.4, -0.2) is 55.2 Å². The van der Waals surface area contributed by atoms with Crippen LogP contribution in [0.15, 0.2) is 0 Å². The summed E-state index contributed by atoms with van der Waals surface area (Å²) in [5.74, 6) is 0. The maximum Gasteiger partial charge on any atom is 0.315 e. The van der Waals surface area contributed by atoms with Crippen LogP contribution in [-0.2, 0) is 0 Å². The molecule has 2 amide bonds. The van der Waals surface area contributed by atoms with Crippen LogP contribution in [0.5, 0.6) is 0 Å². The molecule has 1 atom stereocenters. The van der Waals surface area contributed by atoms with Crippen molar-refractivity contribution in [2.45, 2.75) is 44.4 Å². The molecule has 0 spiro atoms. The number of hydrogen-bond donors (Lipinski definition) is 2. The fourth-order valence-electron chi connectivity index (χ4n) is 2.23. The van der Waals surface area contributed by atoms with E-state index in [1.807, 2.05) is 11.8 Å². The minimum absolute atomic E-state index is 0.0420. The number of amides is 2. The Morgan fingerprint density at radius 2 is 2.00 bits per heavy atom. The molecule has 1 unspecified atom stereocenters. The van der Waals surface area contributed by atoms with Crippen LogP contribution in [0.4, 0.5) is 4.79 Å². The Bertz CT molecular complexity index is 314. The SMILES string of the molecule is CSC1(CNC(=O)NC(C)C(C)(C)CN(C)C)CC1. The Kier molecular flexibility index (Phi) is 5.56. The number of urea groups is 1. The summed E-state index contributed by atoms with van der Waals surface area (Å²) in [6.07, 6.45) is 4.56. The van der Waals surface area contributed by atoms with Crippen molar-refractivity contribution in [1.82, 2.24) is 15.5 Å². The van der Waals surface area contributed by atoms with Gasteiger partial charge in [0.15, 0.2) is 0 Å². The first kappa shape index (κ1) is 16.6. The van der Waals surface area contributed by atoms with Crippen molar-refractivity contribution in [3.8, 4) is 0 Å². The monoisotopic (exact) mass is 287 g/mol. The molecule has 5 heteroatoms. The van der Waals surface area contributed by atoms with E-state index in [0.29, 0.717) is 4.75 Å². The van der Waals surface area contributed by atoms with E-state index >= 15 is 0 Å². The Morgan fingerprint density at radius 3 is 2.42 bits per heavy atom. The number of hydrogen-bond acceptors (Lipinski definition) is 3. The highest BCUT2D eigenvalue weighted by molar-refractivity contribution is 8.00. The summed E-state index contributed by atoms with van der Waals surface area (Å²) in [7, 11) is 4.12. The van der Waals surface area contributed by atoms with Gasteiger partial charge in [0.25, 0.3) is 0 Å². The van der Waals surface area contributed by atoms with Crippen LogP contribution in [0.25, 0.3) is 0 Å². The molecule has 0 bridgehead atoms. The van der Waals surface area contributed by atoms with Gasteiger partial charge in [-0.05, 0) is 45.5 Å². The first-order chi connectivity index (χ1) is 8.71. The van der Waals surface area contributed by atoms with Gasteiger partial charge in [-0.1, -0.05) is 13.8 Å². The Hall–Kier alpha value is -0.420. The van der Waals surface area contributed by atoms with E-state index in [2.05, 4.69) is 56.7 Å². The van der Waals surface area contributed by atoms with E-state index in [4.69, 9.17) is 0 Å². The maximum absolute atomic E-state index is 11.9. The van der Waals surface area contributed by atoms with Crippen molar-refractivity contribution < 1.29 is 4.79 Å². The topological polar surface area (TPSA) is 44.4 Å². The number of nitrogens with zero attached hydrogens (tertiary/aromatic N) is 1. The molecular weight excluding hydrogens is 258 g/mol. The van der Waals surface area contributed by atoms with Crippen LogP contribution in [0.1, 0.15) is 33.6 Å². The molecule has 0 aromatic carbocycles. The predicted octanol–water partition coefficient (Wildman–Crippen LogP) is 2.16. The van der Waals surface area contributed by atoms with Crippen molar-refractivity contribution in [3.63, 3.8) is 0 Å². The lowest BCUT2D eigenvalue weighted by atomic mass is 9.85. The van der Waals surface area contributed by atoms with Gasteiger partial charge in [0, 0.05) is 23.9 Å². The first-order valence-corrected chi connectivity index (χ1v) is 8.17. The molecule has 0 aromatic rings. The maximum atomic E-state index is 11.9.